The van der Waals surface area contributed by atoms with E-state index >= 15 is 0 Å². The number of nitriles is 2. The largest absolute Gasteiger partial charge is 0.281 e. The number of hydrazine groups is 1. The number of hydrogen-bond acceptors (Lipinski definition) is 13. The Morgan fingerprint density at radius 1 is 0.716 bits per heavy atom. The second-order valence-electron chi connectivity index (χ2n) is 17.8. The fourth-order valence-corrected chi connectivity index (χ4v) is 12.5. The van der Waals surface area contributed by atoms with Crippen LogP contribution in [0.4, 0.5) is 5.82 Å². The molecule has 19 heteroatoms. The zero-order valence-electron chi connectivity index (χ0n) is 37.9. The smallest absolute Gasteiger partial charge is 0.269 e. The number of aromatic nitrogens is 8. The number of rotatable bonds is 14. The molecule has 67 heavy (non-hydrogen) atoms. The quantitative estimate of drug-likeness (QED) is 0.0979. The molecule has 0 saturated heterocycles. The Kier molecular flexibility index (Phi) is 13.7. The van der Waals surface area contributed by atoms with Crippen LogP contribution < -0.4 is 10.9 Å². The Morgan fingerprint density at radius 3 is 1.90 bits per heavy atom. The van der Waals surface area contributed by atoms with Crippen molar-refractivity contribution in [1.29, 1.82) is 10.5 Å². The van der Waals surface area contributed by atoms with Gasteiger partial charge in [0.15, 0.2) is 22.8 Å². The van der Waals surface area contributed by atoms with Crippen LogP contribution in [-0.2, 0) is 24.8 Å². The monoisotopic (exact) mass is 942 g/mol. The topological polar surface area (TPSA) is 236 Å². The highest BCUT2D eigenvalue weighted by Crippen LogP contribution is 2.46. The van der Waals surface area contributed by atoms with Crippen LogP contribution in [0.2, 0.25) is 0 Å². The molecule has 348 valence electrons. The predicted molar refractivity (Wildman–Crippen MR) is 252 cm³/mol. The number of hydrogen-bond donors (Lipinski definition) is 2. The van der Waals surface area contributed by atoms with E-state index in [1.807, 2.05) is 18.2 Å². The molecule has 2 saturated carbocycles. The second kappa shape index (κ2) is 19.6. The summed E-state index contributed by atoms with van der Waals surface area (Å²) < 4.78 is 57.0. The molecule has 0 bridgehead atoms. The maximum absolute atomic E-state index is 13.3. The second-order valence-corrected chi connectivity index (χ2v) is 21.4. The number of nitrogens with zero attached hydrogens (tertiary/aromatic N) is 10. The molecule has 1 amide bonds. The van der Waals surface area contributed by atoms with E-state index in [0.29, 0.717) is 64.7 Å². The minimum Gasteiger partial charge on any atom is -0.281 e. The molecule has 0 radical (unpaired) electrons. The summed E-state index contributed by atoms with van der Waals surface area (Å²) in [6.45, 7) is 8.09. The van der Waals surface area contributed by atoms with E-state index in [-0.39, 0.29) is 33.2 Å². The molecule has 0 unspecified atom stereocenters. The lowest BCUT2D eigenvalue weighted by molar-refractivity contribution is -0.125. The minimum atomic E-state index is -3.81. The Hall–Kier alpha value is -6.70. The standard InChI is InChI=1S/C24H28N6O3S.C24H26N6O2S/c1-3-18-13-17(5-4-11-25)14-20(18)24(31)29-28-22-15-26-23-21(27-22)10-12-30(23)34(32,33)19-8-6-16(2)7-9-19;1-3-18-13-17(5-4-11-25)14-20(18)23-28-27-22-15-26-24-21(30(22)23)10-12-29(24)33(31,32)19-8-6-16(2)7-9-19/h6-10,12,15,17-18,20H,3-5,13-14H2,1-2H3,(H,27,28)(H,29,31);6-10,12,15,17-18,20H,3-5,13-14H2,1-2H3/t2*17-,18+,20-/m00/s1. The summed E-state index contributed by atoms with van der Waals surface area (Å²) in [7, 11) is -7.59. The van der Waals surface area contributed by atoms with E-state index in [1.165, 1.54) is 16.4 Å². The van der Waals surface area contributed by atoms with Gasteiger partial charge >= 0.3 is 0 Å². The lowest BCUT2D eigenvalue weighted by Crippen LogP contribution is -2.36. The van der Waals surface area contributed by atoms with Crippen LogP contribution in [0.25, 0.3) is 28.0 Å². The van der Waals surface area contributed by atoms with E-state index in [4.69, 9.17) is 10.5 Å². The lowest BCUT2D eigenvalue weighted by Gasteiger charge is -2.17. The van der Waals surface area contributed by atoms with Crippen molar-refractivity contribution in [3.63, 3.8) is 0 Å². The summed E-state index contributed by atoms with van der Waals surface area (Å²) in [5.41, 5.74) is 9.76. The van der Waals surface area contributed by atoms with Crippen molar-refractivity contribution in [3.8, 4) is 12.1 Å². The van der Waals surface area contributed by atoms with Gasteiger partial charge < -0.3 is 0 Å². The molecule has 0 spiro atoms. The molecule has 2 aliphatic rings. The average molecular weight is 943 g/mol. The predicted octanol–water partition coefficient (Wildman–Crippen LogP) is 8.22. The average Bonchev–Trinajstić information content (AvgIpc) is 4.18. The zero-order chi connectivity index (χ0) is 47.5. The van der Waals surface area contributed by atoms with Crippen LogP contribution in [0.1, 0.15) is 101 Å². The number of fused-ring (bicyclic) bond motifs is 4. The van der Waals surface area contributed by atoms with Gasteiger partial charge in [-0.2, -0.15) is 10.5 Å². The third-order valence-electron chi connectivity index (χ3n) is 13.5. The van der Waals surface area contributed by atoms with Gasteiger partial charge in [-0.15, -0.1) is 10.2 Å². The Labute approximate surface area is 390 Å². The summed E-state index contributed by atoms with van der Waals surface area (Å²) in [4.78, 5) is 26.3. The van der Waals surface area contributed by atoms with Gasteiger partial charge in [-0.05, 0) is 112 Å². The fourth-order valence-electron chi connectivity index (χ4n) is 9.92. The molecule has 5 aromatic heterocycles. The van der Waals surface area contributed by atoms with Crippen LogP contribution >= 0.6 is 0 Å². The highest BCUT2D eigenvalue weighted by molar-refractivity contribution is 7.90. The van der Waals surface area contributed by atoms with Crippen molar-refractivity contribution in [2.24, 2.45) is 29.6 Å². The molecule has 9 rings (SSSR count). The van der Waals surface area contributed by atoms with Gasteiger partial charge in [-0.1, -0.05) is 62.1 Å². The molecule has 2 N–H and O–H groups in total. The van der Waals surface area contributed by atoms with Gasteiger partial charge in [-0.3, -0.25) is 20.0 Å². The third-order valence-corrected chi connectivity index (χ3v) is 16.9. The van der Waals surface area contributed by atoms with Crippen molar-refractivity contribution < 1.29 is 21.6 Å². The zero-order valence-corrected chi connectivity index (χ0v) is 39.6. The number of anilines is 1. The minimum absolute atomic E-state index is 0.104. The lowest BCUT2D eigenvalue weighted by atomic mass is 9.93. The van der Waals surface area contributed by atoms with E-state index in [2.05, 4.69) is 62.0 Å². The molecule has 2 fully saturated rings. The first kappa shape index (κ1) is 46.8. The first-order chi connectivity index (χ1) is 32.3. The molecule has 5 heterocycles. The van der Waals surface area contributed by atoms with Crippen LogP contribution in [0, 0.1) is 66.1 Å². The summed E-state index contributed by atoms with van der Waals surface area (Å²) in [6, 6.07) is 21.2. The van der Waals surface area contributed by atoms with Crippen LogP contribution in [0.15, 0.2) is 95.2 Å². The first-order valence-electron chi connectivity index (χ1n) is 22.8. The van der Waals surface area contributed by atoms with Crippen molar-refractivity contribution in [1.82, 2.24) is 42.9 Å². The highest BCUT2D eigenvalue weighted by atomic mass is 32.2. The van der Waals surface area contributed by atoms with Crippen molar-refractivity contribution >= 4 is 59.7 Å². The number of carbonyl (C=O) groups excluding carboxylic acids is 1. The van der Waals surface area contributed by atoms with Gasteiger partial charge in [0.05, 0.1) is 39.8 Å². The number of nitrogens with one attached hydrogen (secondary N) is 2. The highest BCUT2D eigenvalue weighted by Gasteiger charge is 2.38. The normalized spacial score (nSPS) is 20.6. The van der Waals surface area contributed by atoms with Gasteiger partial charge in [-0.25, -0.2) is 39.7 Å². The first-order valence-corrected chi connectivity index (χ1v) is 25.6. The van der Waals surface area contributed by atoms with E-state index in [9.17, 15) is 21.6 Å². The number of carbonyl (C=O) groups is 1. The van der Waals surface area contributed by atoms with Crippen LogP contribution in [0.5, 0.6) is 0 Å². The molecule has 6 atom stereocenters. The van der Waals surface area contributed by atoms with E-state index < -0.39 is 20.0 Å². The number of amides is 1. The Bertz CT molecular complexity index is 3220. The molecular formula is C48H54N12O5S2. The van der Waals surface area contributed by atoms with Crippen LogP contribution in [0.3, 0.4) is 0 Å². The molecular weight excluding hydrogens is 889 g/mol. The maximum atomic E-state index is 13.3. The summed E-state index contributed by atoms with van der Waals surface area (Å²) in [5, 5.41) is 26.7. The van der Waals surface area contributed by atoms with Crippen molar-refractivity contribution in [2.45, 2.75) is 108 Å². The summed E-state index contributed by atoms with van der Waals surface area (Å²) in [6.07, 6.45) is 14.5. The van der Waals surface area contributed by atoms with E-state index in [1.54, 1.807) is 73.1 Å². The molecule has 7 aromatic rings. The van der Waals surface area contributed by atoms with Crippen LogP contribution in [-0.4, -0.2) is 60.2 Å². The molecule has 2 aliphatic carbocycles. The Balaban J connectivity index is 0.000000182. The summed E-state index contributed by atoms with van der Waals surface area (Å²) >= 11 is 0. The SMILES string of the molecule is CC[C@@H]1C[C@H](CCC#N)C[C@@H]1C(=O)NNc1cnc2c(ccn2S(=O)(=O)c2ccc(C)cc2)n1.CC[C@@H]1C[C@H](CCC#N)C[C@@H]1c1nnc2cnc3c(ccn3S(=O)(=O)c3ccc(C)cc3)n12. The maximum Gasteiger partial charge on any atom is 0.269 e. The number of aryl methyl sites for hydroxylation is 2. The van der Waals surface area contributed by atoms with Crippen molar-refractivity contribution in [2.75, 3.05) is 5.43 Å². The fraction of sp³-hybridized carbons (Fsp3) is 0.417. The molecule has 2 aromatic carbocycles. The van der Waals surface area contributed by atoms with Crippen molar-refractivity contribution in [3.05, 3.63) is 102 Å². The molecule has 0 aliphatic heterocycles. The Morgan fingerprint density at radius 2 is 1.28 bits per heavy atom. The number of benzene rings is 2. The van der Waals surface area contributed by atoms with E-state index in [0.717, 1.165) is 72.3 Å². The van der Waals surface area contributed by atoms with Gasteiger partial charge in [0.25, 0.3) is 20.0 Å². The third kappa shape index (κ3) is 9.48. The van der Waals surface area contributed by atoms with Gasteiger partial charge in [0.2, 0.25) is 5.91 Å². The molecule has 17 nitrogen and oxygen atoms in total. The summed E-state index contributed by atoms with van der Waals surface area (Å²) in [5.74, 6) is 2.82. The van der Waals surface area contributed by atoms with Gasteiger partial charge in [0.1, 0.15) is 11.3 Å². The van der Waals surface area contributed by atoms with Gasteiger partial charge in [0, 0.05) is 37.1 Å².